The summed E-state index contributed by atoms with van der Waals surface area (Å²) < 4.78 is 25.4. The van der Waals surface area contributed by atoms with Gasteiger partial charge in [-0.25, -0.2) is 18.1 Å². The normalized spacial score (nSPS) is 12.3. The average Bonchev–Trinajstić information content (AvgIpc) is 2.59. The van der Waals surface area contributed by atoms with Crippen LogP contribution in [0.15, 0.2) is 58.5 Å². The molecule has 2 rings (SSSR count). The third-order valence-electron chi connectivity index (χ3n) is 3.46. The van der Waals surface area contributed by atoms with E-state index in [0.29, 0.717) is 16.3 Å². The smallest absolute Gasteiger partial charge is 0.267 e. The van der Waals surface area contributed by atoms with Gasteiger partial charge in [-0.15, -0.1) is 0 Å². The van der Waals surface area contributed by atoms with E-state index in [0.717, 1.165) is 4.31 Å². The summed E-state index contributed by atoms with van der Waals surface area (Å²) in [5, 5.41) is 4.56. The summed E-state index contributed by atoms with van der Waals surface area (Å²) in [6.07, 6.45) is 0. The Morgan fingerprint density at radius 1 is 1.12 bits per heavy atom. The maximum atomic E-state index is 12.3. The highest BCUT2D eigenvalue weighted by Crippen LogP contribution is 2.16. The highest BCUT2D eigenvalue weighted by Gasteiger charge is 2.18. The fraction of sp³-hybridized carbons (Fsp3) is 0.176. The zero-order chi connectivity index (χ0) is 18.6. The Hall–Kier alpha value is -2.22. The van der Waals surface area contributed by atoms with Gasteiger partial charge >= 0.3 is 0 Å². The van der Waals surface area contributed by atoms with Crippen LogP contribution in [0, 0.1) is 0 Å². The van der Waals surface area contributed by atoms with Crippen molar-refractivity contribution >= 4 is 33.2 Å². The molecule has 0 heterocycles. The lowest BCUT2D eigenvalue weighted by molar-refractivity contribution is 0.0954. The first-order valence-electron chi connectivity index (χ1n) is 7.35. The summed E-state index contributed by atoms with van der Waals surface area (Å²) >= 11 is 6.09. The minimum absolute atomic E-state index is 0.0388. The molecule has 0 spiro atoms. The van der Waals surface area contributed by atoms with Crippen LogP contribution in [-0.4, -0.2) is 38.4 Å². The lowest BCUT2D eigenvalue weighted by Crippen LogP contribution is -2.23. The number of nitrogens with zero attached hydrogens (tertiary/aromatic N) is 2. The number of hydrazone groups is 1. The van der Waals surface area contributed by atoms with Gasteiger partial charge in [0.2, 0.25) is 10.0 Å². The molecule has 0 bridgehead atoms. The molecule has 6 nitrogen and oxygen atoms in total. The van der Waals surface area contributed by atoms with Crippen LogP contribution in [0.2, 0.25) is 5.02 Å². The van der Waals surface area contributed by atoms with Crippen LogP contribution in [0.25, 0.3) is 0 Å². The molecule has 25 heavy (non-hydrogen) atoms. The molecule has 1 amide bonds. The molecule has 0 saturated heterocycles. The standard InChI is InChI=1S/C17H18ClN3O3S/c1-12(15-9-4-5-10-16(15)18)19-20-17(22)13-7-6-8-14(11-13)25(23,24)21(2)3/h4-11H,1-3H3,(H,20,22)/b19-12-. The summed E-state index contributed by atoms with van der Waals surface area (Å²) in [4.78, 5) is 12.3. The van der Waals surface area contributed by atoms with Crippen molar-refractivity contribution in [3.8, 4) is 0 Å². The van der Waals surface area contributed by atoms with Crippen LogP contribution in [0.4, 0.5) is 0 Å². The van der Waals surface area contributed by atoms with Gasteiger partial charge in [-0.1, -0.05) is 35.9 Å². The molecule has 1 N–H and O–H groups in total. The van der Waals surface area contributed by atoms with Crippen molar-refractivity contribution in [1.82, 2.24) is 9.73 Å². The molecule has 132 valence electrons. The quantitative estimate of drug-likeness (QED) is 0.640. The van der Waals surface area contributed by atoms with Crippen LogP contribution in [0.1, 0.15) is 22.8 Å². The van der Waals surface area contributed by atoms with Gasteiger partial charge < -0.3 is 0 Å². The number of nitrogens with one attached hydrogen (secondary N) is 1. The van der Waals surface area contributed by atoms with E-state index in [2.05, 4.69) is 10.5 Å². The molecule has 0 aliphatic heterocycles. The Kier molecular flexibility index (Phi) is 5.94. The van der Waals surface area contributed by atoms with Crippen molar-refractivity contribution in [2.45, 2.75) is 11.8 Å². The molecular weight excluding hydrogens is 362 g/mol. The topological polar surface area (TPSA) is 78.8 Å². The molecule has 2 aromatic rings. The first-order valence-corrected chi connectivity index (χ1v) is 9.17. The zero-order valence-corrected chi connectivity index (χ0v) is 15.6. The molecule has 0 fully saturated rings. The number of carbonyl (C=O) groups excluding carboxylic acids is 1. The van der Waals surface area contributed by atoms with Crippen molar-refractivity contribution < 1.29 is 13.2 Å². The largest absolute Gasteiger partial charge is 0.271 e. The summed E-state index contributed by atoms with van der Waals surface area (Å²) in [7, 11) is -0.753. The number of benzene rings is 2. The molecule has 0 atom stereocenters. The number of hydrogen-bond donors (Lipinski definition) is 1. The summed E-state index contributed by atoms with van der Waals surface area (Å²) in [6, 6.07) is 12.9. The van der Waals surface area contributed by atoms with Gasteiger partial charge in [-0.2, -0.15) is 5.10 Å². The van der Waals surface area contributed by atoms with E-state index in [1.165, 1.54) is 38.4 Å². The van der Waals surface area contributed by atoms with Gasteiger partial charge in [0.15, 0.2) is 0 Å². The van der Waals surface area contributed by atoms with Gasteiger partial charge in [0.05, 0.1) is 10.6 Å². The Balaban J connectivity index is 2.22. The van der Waals surface area contributed by atoms with Gasteiger partial charge in [-0.3, -0.25) is 4.79 Å². The number of hydrogen-bond acceptors (Lipinski definition) is 4. The minimum atomic E-state index is -3.61. The minimum Gasteiger partial charge on any atom is -0.267 e. The summed E-state index contributed by atoms with van der Waals surface area (Å²) in [6.45, 7) is 1.72. The average molecular weight is 380 g/mol. The lowest BCUT2D eigenvalue weighted by atomic mass is 10.1. The van der Waals surface area contributed by atoms with Crippen LogP contribution in [-0.2, 0) is 10.0 Å². The molecule has 0 radical (unpaired) electrons. The molecule has 0 saturated carbocycles. The Morgan fingerprint density at radius 2 is 1.80 bits per heavy atom. The predicted octanol–water partition coefficient (Wildman–Crippen LogP) is 2.74. The predicted molar refractivity (Wildman–Crippen MR) is 98.4 cm³/mol. The summed E-state index contributed by atoms with van der Waals surface area (Å²) in [5.74, 6) is -0.512. The molecule has 0 aromatic heterocycles. The molecular formula is C17H18ClN3O3S. The highest BCUT2D eigenvalue weighted by atomic mass is 35.5. The first kappa shape index (κ1) is 19.1. The molecule has 2 aromatic carbocycles. The SMILES string of the molecule is C/C(=N/NC(=O)c1cccc(S(=O)(=O)N(C)C)c1)c1ccccc1Cl. The monoisotopic (exact) mass is 379 g/mol. The molecule has 0 aliphatic carbocycles. The number of amides is 1. The Bertz CT molecular complexity index is 924. The maximum absolute atomic E-state index is 12.3. The number of sulfonamides is 1. The molecule has 8 heteroatoms. The van der Waals surface area contributed by atoms with Crippen LogP contribution < -0.4 is 5.43 Å². The second-order valence-electron chi connectivity index (χ2n) is 5.43. The van der Waals surface area contributed by atoms with E-state index in [1.807, 2.05) is 6.07 Å². The van der Waals surface area contributed by atoms with Crippen LogP contribution in [0.5, 0.6) is 0 Å². The second-order valence-corrected chi connectivity index (χ2v) is 7.99. The Morgan fingerprint density at radius 3 is 2.44 bits per heavy atom. The first-order chi connectivity index (χ1) is 11.7. The van der Waals surface area contributed by atoms with Crippen molar-refractivity contribution in [3.05, 3.63) is 64.7 Å². The molecule has 0 aliphatic rings. The van der Waals surface area contributed by atoms with Crippen molar-refractivity contribution in [3.63, 3.8) is 0 Å². The second kappa shape index (κ2) is 7.77. The lowest BCUT2D eigenvalue weighted by Gasteiger charge is -2.12. The van der Waals surface area contributed by atoms with Crippen molar-refractivity contribution in [2.75, 3.05) is 14.1 Å². The van der Waals surface area contributed by atoms with E-state index in [1.54, 1.807) is 25.1 Å². The number of rotatable bonds is 5. The fourth-order valence-electron chi connectivity index (χ4n) is 2.02. The van der Waals surface area contributed by atoms with Gasteiger partial charge in [0.1, 0.15) is 0 Å². The van der Waals surface area contributed by atoms with E-state index in [4.69, 9.17) is 11.6 Å². The van der Waals surface area contributed by atoms with E-state index in [-0.39, 0.29) is 10.5 Å². The summed E-state index contributed by atoms with van der Waals surface area (Å²) in [5.41, 5.74) is 3.85. The number of carbonyl (C=O) groups is 1. The van der Waals surface area contributed by atoms with Gasteiger partial charge in [0, 0.05) is 30.2 Å². The third kappa shape index (κ3) is 4.45. The van der Waals surface area contributed by atoms with Gasteiger partial charge in [0.25, 0.3) is 5.91 Å². The zero-order valence-electron chi connectivity index (χ0n) is 14.0. The van der Waals surface area contributed by atoms with Crippen molar-refractivity contribution in [2.24, 2.45) is 5.10 Å². The van der Waals surface area contributed by atoms with Gasteiger partial charge in [-0.05, 0) is 31.2 Å². The van der Waals surface area contributed by atoms with E-state index in [9.17, 15) is 13.2 Å². The van der Waals surface area contributed by atoms with Crippen LogP contribution >= 0.6 is 11.6 Å². The van der Waals surface area contributed by atoms with Crippen molar-refractivity contribution in [1.29, 1.82) is 0 Å². The third-order valence-corrected chi connectivity index (χ3v) is 5.60. The van der Waals surface area contributed by atoms with E-state index >= 15 is 0 Å². The highest BCUT2D eigenvalue weighted by molar-refractivity contribution is 7.89. The van der Waals surface area contributed by atoms with Crippen LogP contribution in [0.3, 0.4) is 0 Å². The Labute approximate surface area is 152 Å². The maximum Gasteiger partial charge on any atom is 0.271 e. The molecule has 0 unspecified atom stereocenters. The van der Waals surface area contributed by atoms with E-state index < -0.39 is 15.9 Å². The fourth-order valence-corrected chi connectivity index (χ4v) is 3.24. The number of halogens is 1.